The van der Waals surface area contributed by atoms with E-state index in [1.54, 1.807) is 0 Å². The van der Waals surface area contributed by atoms with Crippen LogP contribution in [-0.4, -0.2) is 102 Å². The summed E-state index contributed by atoms with van der Waals surface area (Å²) in [6.45, 7) is 0.637. The molecule has 5 aliphatic heterocycles. The summed E-state index contributed by atoms with van der Waals surface area (Å²) in [4.78, 5) is 0. The van der Waals surface area contributed by atoms with E-state index in [1.165, 1.54) is 6.42 Å². The number of hydrogen-bond acceptors (Lipinski definition) is 11. The van der Waals surface area contributed by atoms with E-state index in [0.29, 0.717) is 6.61 Å². The Morgan fingerprint density at radius 1 is 0.463 bits per heavy atom. The lowest BCUT2D eigenvalue weighted by Crippen LogP contribution is -2.68. The Morgan fingerprint density at radius 2 is 0.927 bits per heavy atom. The number of ether oxygens (including phenoxy) is 9. The van der Waals surface area contributed by atoms with Gasteiger partial charge in [-0.25, -0.2) is 0 Å². The summed E-state index contributed by atoms with van der Waals surface area (Å²) in [6.07, 6.45) is 7.15. The van der Waals surface area contributed by atoms with Gasteiger partial charge in [-0.3, -0.25) is 0 Å². The summed E-state index contributed by atoms with van der Waals surface area (Å²) in [7, 11) is 0. The van der Waals surface area contributed by atoms with E-state index in [4.69, 9.17) is 42.6 Å². The van der Waals surface area contributed by atoms with Crippen molar-refractivity contribution in [2.45, 2.75) is 175 Å². The first-order valence-corrected chi connectivity index (χ1v) is 16.3. The van der Waals surface area contributed by atoms with Crippen LogP contribution in [0.15, 0.2) is 0 Å². The second-order valence-corrected chi connectivity index (χ2v) is 13.6. The van der Waals surface area contributed by atoms with Crippen LogP contribution in [0, 0.1) is 0 Å². The van der Waals surface area contributed by atoms with Crippen LogP contribution < -0.4 is 0 Å². The van der Waals surface area contributed by atoms with E-state index in [-0.39, 0.29) is 12.7 Å². The van der Waals surface area contributed by atoms with E-state index in [0.717, 1.165) is 89.9 Å². The minimum Gasteiger partial charge on any atom is -0.387 e. The van der Waals surface area contributed by atoms with Gasteiger partial charge in [0.25, 0.3) is 0 Å². The summed E-state index contributed by atoms with van der Waals surface area (Å²) in [5.74, 6) is -1.98. The molecular weight excluding hydrogens is 536 g/mol. The van der Waals surface area contributed by atoms with Crippen molar-refractivity contribution in [3.63, 3.8) is 0 Å². The number of aliphatic hydroxyl groups is 2. The molecule has 5 heterocycles. The molecular formula is C30H46O11. The zero-order valence-corrected chi connectivity index (χ0v) is 23.9. The Labute approximate surface area is 241 Å². The molecule has 5 saturated heterocycles. The minimum absolute atomic E-state index is 0.267. The van der Waals surface area contributed by atoms with Crippen molar-refractivity contribution in [1.82, 2.24) is 0 Å². The van der Waals surface area contributed by atoms with E-state index in [1.807, 2.05) is 0 Å². The fourth-order valence-corrected chi connectivity index (χ4v) is 8.54. The normalized spacial score (nSPS) is 48.4. The van der Waals surface area contributed by atoms with Crippen LogP contribution in [0.5, 0.6) is 0 Å². The molecule has 41 heavy (non-hydrogen) atoms. The molecule has 8 aliphatic rings. The van der Waals surface area contributed by atoms with Gasteiger partial charge in [-0.2, -0.15) is 0 Å². The van der Waals surface area contributed by atoms with Crippen molar-refractivity contribution in [2.75, 3.05) is 13.2 Å². The smallest absolute Gasteiger partial charge is 0.190 e. The second kappa shape index (κ2) is 10.9. The summed E-state index contributed by atoms with van der Waals surface area (Å²) < 4.78 is 57.9. The highest BCUT2D eigenvalue weighted by Gasteiger charge is 2.63. The van der Waals surface area contributed by atoms with Gasteiger partial charge in [0.05, 0.1) is 13.2 Å². The van der Waals surface area contributed by atoms with Crippen molar-refractivity contribution < 1.29 is 52.8 Å². The highest BCUT2D eigenvalue weighted by molar-refractivity contribution is 5.03. The van der Waals surface area contributed by atoms with Gasteiger partial charge in [0, 0.05) is 38.5 Å². The largest absolute Gasteiger partial charge is 0.387 e. The van der Waals surface area contributed by atoms with Crippen molar-refractivity contribution in [2.24, 2.45) is 0 Å². The molecule has 0 unspecified atom stereocenters. The first-order valence-electron chi connectivity index (χ1n) is 16.3. The first-order chi connectivity index (χ1) is 20.0. The maximum atomic E-state index is 11.2. The average molecular weight is 583 g/mol. The highest BCUT2D eigenvalue weighted by atomic mass is 16.8. The molecule has 11 heteroatoms. The maximum absolute atomic E-state index is 11.2. The lowest BCUT2D eigenvalue weighted by atomic mass is 9.90. The second-order valence-electron chi connectivity index (χ2n) is 13.6. The zero-order chi connectivity index (χ0) is 27.7. The number of aliphatic hydroxyl groups excluding tert-OH is 2. The molecule has 0 aromatic carbocycles. The molecule has 3 spiro atoms. The van der Waals surface area contributed by atoms with Crippen molar-refractivity contribution in [3.8, 4) is 0 Å². The predicted octanol–water partition coefficient (Wildman–Crippen LogP) is 2.77. The number of fused-ring (bicyclic) bond motifs is 4. The standard InChI is InChI=1S/C30H46O11/c31-20-21(32)26(35-18-16-33-28(38-22(18)20)10-4-1-5-11-28)37-27-25-24(40-30(41-25)14-8-3-9-15-30)23-19(36-27)17-34-29(39-23)12-6-2-7-13-29/h18-27,31-32H,1-17H2/t18-,19-,20-,21-,22-,23-,24+,25-,26-,27-/m1/s1. The van der Waals surface area contributed by atoms with Gasteiger partial charge in [-0.1, -0.05) is 19.3 Å². The molecule has 10 atom stereocenters. The van der Waals surface area contributed by atoms with Gasteiger partial charge < -0.3 is 52.8 Å². The first kappa shape index (κ1) is 28.1. The van der Waals surface area contributed by atoms with Gasteiger partial charge in [0.2, 0.25) is 0 Å². The van der Waals surface area contributed by atoms with Crippen molar-refractivity contribution >= 4 is 0 Å². The third-order valence-corrected chi connectivity index (χ3v) is 10.8. The van der Waals surface area contributed by atoms with E-state index < -0.39 is 72.7 Å². The molecule has 3 aliphatic carbocycles. The van der Waals surface area contributed by atoms with Crippen LogP contribution in [0.1, 0.15) is 96.3 Å². The fraction of sp³-hybridized carbons (Fsp3) is 1.00. The summed E-state index contributed by atoms with van der Waals surface area (Å²) in [5.41, 5.74) is 0. The van der Waals surface area contributed by atoms with Gasteiger partial charge in [0.15, 0.2) is 29.9 Å². The molecule has 8 fully saturated rings. The van der Waals surface area contributed by atoms with Gasteiger partial charge in [-0.05, 0) is 38.5 Å². The molecule has 3 saturated carbocycles. The van der Waals surface area contributed by atoms with Crippen LogP contribution in [0.2, 0.25) is 0 Å². The molecule has 0 bridgehead atoms. The summed E-state index contributed by atoms with van der Waals surface area (Å²) in [5, 5.41) is 22.4. The molecule has 8 rings (SSSR count). The SMILES string of the molecule is O[C@@H]1[C@@H](O)[C@@H](O[C@H]2O[C@@H]3COC4(CCCCC4)O[C@H]3[C@@H]3OC4(CCCCC4)O[C@@H]23)O[C@@H]2COC3(CCCCC3)O[C@@H]12. The third-order valence-electron chi connectivity index (χ3n) is 10.8. The topological polar surface area (TPSA) is 124 Å². The highest BCUT2D eigenvalue weighted by Crippen LogP contribution is 2.50. The van der Waals surface area contributed by atoms with Crippen LogP contribution in [0.4, 0.5) is 0 Å². The van der Waals surface area contributed by atoms with E-state index in [2.05, 4.69) is 0 Å². The number of rotatable bonds is 2. The zero-order valence-electron chi connectivity index (χ0n) is 23.9. The van der Waals surface area contributed by atoms with Crippen molar-refractivity contribution in [1.29, 1.82) is 0 Å². The monoisotopic (exact) mass is 582 g/mol. The van der Waals surface area contributed by atoms with Gasteiger partial charge >= 0.3 is 0 Å². The van der Waals surface area contributed by atoms with Crippen LogP contribution in [0.25, 0.3) is 0 Å². The number of hydrogen-bond donors (Lipinski definition) is 2. The predicted molar refractivity (Wildman–Crippen MR) is 139 cm³/mol. The van der Waals surface area contributed by atoms with Crippen LogP contribution >= 0.6 is 0 Å². The molecule has 0 radical (unpaired) electrons. The molecule has 0 aromatic heterocycles. The summed E-state index contributed by atoms with van der Waals surface area (Å²) in [6, 6.07) is 0. The van der Waals surface area contributed by atoms with Gasteiger partial charge in [-0.15, -0.1) is 0 Å². The molecule has 0 amide bonds. The van der Waals surface area contributed by atoms with Gasteiger partial charge in [0.1, 0.15) is 48.8 Å². The van der Waals surface area contributed by atoms with Crippen LogP contribution in [0.3, 0.4) is 0 Å². The molecule has 232 valence electrons. The van der Waals surface area contributed by atoms with E-state index >= 15 is 0 Å². The Hall–Kier alpha value is -0.440. The molecule has 2 N–H and O–H groups in total. The molecule has 11 nitrogen and oxygen atoms in total. The van der Waals surface area contributed by atoms with Crippen molar-refractivity contribution in [3.05, 3.63) is 0 Å². The fourth-order valence-electron chi connectivity index (χ4n) is 8.54. The quantitative estimate of drug-likeness (QED) is 0.500. The third kappa shape index (κ3) is 5.01. The molecule has 0 aromatic rings. The average Bonchev–Trinajstić information content (AvgIpc) is 3.37. The van der Waals surface area contributed by atoms with Crippen LogP contribution in [-0.2, 0) is 42.6 Å². The maximum Gasteiger partial charge on any atom is 0.190 e. The Morgan fingerprint density at radius 3 is 1.54 bits per heavy atom. The lowest BCUT2D eigenvalue weighted by Gasteiger charge is -2.53. The van der Waals surface area contributed by atoms with E-state index in [9.17, 15) is 10.2 Å². The Balaban J connectivity index is 1.00. The Bertz CT molecular complexity index is 927. The lowest BCUT2D eigenvalue weighted by molar-refractivity contribution is -0.427. The summed E-state index contributed by atoms with van der Waals surface area (Å²) >= 11 is 0. The Kier molecular flexibility index (Phi) is 7.44. The minimum atomic E-state index is -1.33.